The molecule has 120 valence electrons. The number of carbonyl (C=O) groups excluding carboxylic acids is 2. The third-order valence-corrected chi connectivity index (χ3v) is 3.88. The van der Waals surface area contributed by atoms with Gasteiger partial charge in [-0.05, 0) is 26.2 Å². The molecule has 5 nitrogen and oxygen atoms in total. The van der Waals surface area contributed by atoms with E-state index in [4.69, 9.17) is 4.74 Å². The Balaban J connectivity index is 0.000000383. The minimum Gasteiger partial charge on any atom is -0.468 e. The van der Waals surface area contributed by atoms with E-state index in [2.05, 4.69) is 30.7 Å². The molecule has 0 N–H and O–H groups in total. The number of rotatable bonds is 6. The van der Waals surface area contributed by atoms with Crippen LogP contribution in [0.15, 0.2) is 12.2 Å². The minimum atomic E-state index is 0.118. The molecule has 0 aromatic rings. The van der Waals surface area contributed by atoms with Crippen LogP contribution < -0.4 is 0 Å². The molecule has 1 saturated heterocycles. The molecule has 2 aliphatic rings. The van der Waals surface area contributed by atoms with Crippen LogP contribution in [0.25, 0.3) is 0 Å². The van der Waals surface area contributed by atoms with Crippen molar-refractivity contribution in [3.8, 4) is 0 Å². The van der Waals surface area contributed by atoms with Crippen LogP contribution in [-0.4, -0.2) is 48.2 Å². The van der Waals surface area contributed by atoms with Crippen LogP contribution in [0.2, 0.25) is 0 Å². The number of carbonyl (C=O) groups is 2. The first-order valence-electron chi connectivity index (χ1n) is 7.76. The molecule has 0 bridgehead atoms. The number of hydrogen-bond acceptors (Lipinski definition) is 4. The zero-order valence-electron chi connectivity index (χ0n) is 13.5. The van der Waals surface area contributed by atoms with Gasteiger partial charge >= 0.3 is 0 Å². The Bertz CT molecular complexity index is 365. The molecule has 0 spiro atoms. The number of ether oxygens (including phenoxy) is 2. The van der Waals surface area contributed by atoms with Crippen LogP contribution in [0, 0.1) is 0 Å². The molecule has 0 unspecified atom stereocenters. The number of amides is 1. The molecule has 2 rings (SSSR count). The Morgan fingerprint density at radius 1 is 1.38 bits per heavy atom. The summed E-state index contributed by atoms with van der Waals surface area (Å²) in [4.78, 5) is 22.5. The van der Waals surface area contributed by atoms with Gasteiger partial charge in [-0.25, -0.2) is 0 Å². The Morgan fingerprint density at radius 2 is 2.05 bits per heavy atom. The highest BCUT2D eigenvalue weighted by Crippen LogP contribution is 2.39. The van der Waals surface area contributed by atoms with Gasteiger partial charge in [0, 0.05) is 6.92 Å². The van der Waals surface area contributed by atoms with Gasteiger partial charge in [-0.15, -0.1) is 0 Å². The second-order valence-electron chi connectivity index (χ2n) is 5.24. The minimum absolute atomic E-state index is 0.118. The number of nitrogens with zero attached hydrogens (tertiary/aromatic N) is 1. The van der Waals surface area contributed by atoms with Crippen LogP contribution in [-0.2, 0) is 19.1 Å². The quantitative estimate of drug-likeness (QED) is 0.429. The van der Waals surface area contributed by atoms with Crippen molar-refractivity contribution in [3.63, 3.8) is 0 Å². The SMILES string of the molecule is CCC(CC)O[C@@H]1C=CC[C@@H]2[C@H]1N2C(C)=O.CCOC=O. The summed E-state index contributed by atoms with van der Waals surface area (Å²) in [5.41, 5.74) is 0. The molecular weight excluding hydrogens is 270 g/mol. The number of fused-ring (bicyclic) bond motifs is 1. The summed E-state index contributed by atoms with van der Waals surface area (Å²) in [7, 11) is 0. The largest absolute Gasteiger partial charge is 0.468 e. The molecule has 3 atom stereocenters. The van der Waals surface area contributed by atoms with Gasteiger partial charge in [-0.2, -0.15) is 0 Å². The van der Waals surface area contributed by atoms with Crippen molar-refractivity contribution >= 4 is 12.4 Å². The predicted octanol–water partition coefficient (Wildman–Crippen LogP) is 2.30. The zero-order chi connectivity index (χ0) is 15.8. The summed E-state index contributed by atoms with van der Waals surface area (Å²) in [5, 5.41) is 0. The molecule has 0 radical (unpaired) electrons. The average molecular weight is 297 g/mol. The van der Waals surface area contributed by atoms with Crippen LogP contribution in [0.1, 0.15) is 47.0 Å². The first-order valence-corrected chi connectivity index (χ1v) is 7.76. The summed E-state index contributed by atoms with van der Waals surface area (Å²) in [6.45, 7) is 8.60. The average Bonchev–Trinajstić information content (AvgIpc) is 3.21. The normalized spacial score (nSPS) is 25.8. The standard InChI is InChI=1S/C13H21NO2.C3H6O2/c1-4-10(5-2)16-12-8-6-7-11-13(12)14(11)9(3)15;1-2-5-3-4/h6,8,10-13H,4-5,7H2,1-3H3;3H,2H2,1H3/t11-,12-,13-,14?;/m1./s1. The van der Waals surface area contributed by atoms with Gasteiger partial charge in [0.05, 0.1) is 30.9 Å². The molecule has 0 aromatic heterocycles. The van der Waals surface area contributed by atoms with E-state index in [1.807, 2.05) is 4.90 Å². The molecular formula is C16H27NO4. The molecule has 5 heteroatoms. The van der Waals surface area contributed by atoms with Crippen LogP contribution in [0.5, 0.6) is 0 Å². The smallest absolute Gasteiger partial charge is 0.293 e. The van der Waals surface area contributed by atoms with E-state index in [-0.39, 0.29) is 12.0 Å². The van der Waals surface area contributed by atoms with Crippen molar-refractivity contribution in [1.29, 1.82) is 0 Å². The van der Waals surface area contributed by atoms with Crippen molar-refractivity contribution in [2.45, 2.75) is 71.2 Å². The Kier molecular flexibility index (Phi) is 7.43. The van der Waals surface area contributed by atoms with Gasteiger partial charge in [-0.1, -0.05) is 26.0 Å². The lowest BCUT2D eigenvalue weighted by atomic mass is 10.0. The second-order valence-corrected chi connectivity index (χ2v) is 5.24. The molecule has 0 aromatic carbocycles. The van der Waals surface area contributed by atoms with Gasteiger partial charge < -0.3 is 14.4 Å². The van der Waals surface area contributed by atoms with Gasteiger partial charge in [-0.3, -0.25) is 9.59 Å². The predicted molar refractivity (Wildman–Crippen MR) is 80.8 cm³/mol. The lowest BCUT2D eigenvalue weighted by molar-refractivity contribution is -0.128. The molecule has 21 heavy (non-hydrogen) atoms. The van der Waals surface area contributed by atoms with E-state index < -0.39 is 0 Å². The van der Waals surface area contributed by atoms with Crippen LogP contribution >= 0.6 is 0 Å². The van der Waals surface area contributed by atoms with Gasteiger partial charge in [0.25, 0.3) is 6.47 Å². The highest BCUT2D eigenvalue weighted by atomic mass is 16.5. The maximum absolute atomic E-state index is 11.4. The van der Waals surface area contributed by atoms with Crippen molar-refractivity contribution < 1.29 is 19.1 Å². The topological polar surface area (TPSA) is 55.6 Å². The van der Waals surface area contributed by atoms with Crippen LogP contribution in [0.3, 0.4) is 0 Å². The van der Waals surface area contributed by atoms with Crippen LogP contribution in [0.4, 0.5) is 0 Å². The Hall–Kier alpha value is -1.36. The van der Waals surface area contributed by atoms with Gasteiger partial charge in [0.15, 0.2) is 0 Å². The van der Waals surface area contributed by atoms with Crippen molar-refractivity contribution in [1.82, 2.24) is 4.90 Å². The highest BCUT2D eigenvalue weighted by molar-refractivity contribution is 5.77. The summed E-state index contributed by atoms with van der Waals surface area (Å²) >= 11 is 0. The maximum atomic E-state index is 11.4. The third-order valence-electron chi connectivity index (χ3n) is 3.88. The Labute approximate surface area is 127 Å². The molecule has 1 fully saturated rings. The fourth-order valence-corrected chi connectivity index (χ4v) is 2.74. The van der Waals surface area contributed by atoms with E-state index in [1.54, 1.807) is 13.8 Å². The van der Waals surface area contributed by atoms with Crippen molar-refractivity contribution in [3.05, 3.63) is 12.2 Å². The molecule has 1 amide bonds. The molecule has 1 aliphatic heterocycles. The van der Waals surface area contributed by atoms with E-state index in [1.165, 1.54) is 0 Å². The van der Waals surface area contributed by atoms with E-state index >= 15 is 0 Å². The maximum Gasteiger partial charge on any atom is 0.293 e. The fraction of sp³-hybridized carbons (Fsp3) is 0.750. The van der Waals surface area contributed by atoms with Crippen molar-refractivity contribution in [2.24, 2.45) is 0 Å². The van der Waals surface area contributed by atoms with Crippen molar-refractivity contribution in [2.75, 3.05) is 6.61 Å². The van der Waals surface area contributed by atoms with E-state index in [9.17, 15) is 9.59 Å². The molecule has 1 aliphatic carbocycles. The van der Waals surface area contributed by atoms with E-state index in [0.29, 0.717) is 31.3 Å². The zero-order valence-corrected chi connectivity index (χ0v) is 13.5. The summed E-state index contributed by atoms with van der Waals surface area (Å²) in [6.07, 6.45) is 7.79. The van der Waals surface area contributed by atoms with E-state index in [0.717, 1.165) is 19.3 Å². The lowest BCUT2D eigenvalue weighted by Gasteiger charge is -2.22. The molecule has 0 saturated carbocycles. The van der Waals surface area contributed by atoms with Gasteiger partial charge in [0.1, 0.15) is 0 Å². The third kappa shape index (κ3) is 4.84. The summed E-state index contributed by atoms with van der Waals surface area (Å²) in [5.74, 6) is 0.178. The summed E-state index contributed by atoms with van der Waals surface area (Å²) in [6, 6.07) is 0.713. The highest BCUT2D eigenvalue weighted by Gasteiger charge is 2.54. The lowest BCUT2D eigenvalue weighted by Crippen LogP contribution is -2.28. The Morgan fingerprint density at radius 3 is 2.48 bits per heavy atom. The first kappa shape index (κ1) is 17.7. The summed E-state index contributed by atoms with van der Waals surface area (Å²) < 4.78 is 10.2. The monoisotopic (exact) mass is 297 g/mol. The first-order chi connectivity index (χ1) is 10.1. The van der Waals surface area contributed by atoms with Gasteiger partial charge in [0.2, 0.25) is 5.91 Å². The molecule has 1 heterocycles. The second kappa shape index (κ2) is 8.82. The fourth-order valence-electron chi connectivity index (χ4n) is 2.74. The number of hydrogen-bond donors (Lipinski definition) is 0.